The van der Waals surface area contributed by atoms with E-state index in [-0.39, 0.29) is 29.9 Å². The van der Waals surface area contributed by atoms with Crippen molar-refractivity contribution in [2.45, 2.75) is 26.3 Å². The Morgan fingerprint density at radius 3 is 2.61 bits per heavy atom. The first-order valence-electron chi connectivity index (χ1n) is 9.61. The molecule has 0 fully saturated rings. The van der Waals surface area contributed by atoms with Crippen molar-refractivity contribution < 1.29 is 9.53 Å². The number of ether oxygens (including phenoxy) is 1. The number of hydrogen-bond donors (Lipinski definition) is 3. The fourth-order valence-corrected chi connectivity index (χ4v) is 2.40. The summed E-state index contributed by atoms with van der Waals surface area (Å²) in [5.74, 6) is 0.711. The predicted octanol–water partition coefficient (Wildman–Crippen LogP) is 2.08. The van der Waals surface area contributed by atoms with Crippen LogP contribution in [0, 0.1) is 0 Å². The molecule has 1 aromatic rings. The number of unbranched alkanes of at least 4 members (excludes halogenated alkanes) is 1. The average Bonchev–Trinajstić information content (AvgIpc) is 2.66. The van der Waals surface area contributed by atoms with Gasteiger partial charge in [0, 0.05) is 52.0 Å². The van der Waals surface area contributed by atoms with Crippen molar-refractivity contribution in [3.8, 4) is 0 Å². The number of guanidine groups is 1. The summed E-state index contributed by atoms with van der Waals surface area (Å²) in [6, 6.07) is 7.65. The van der Waals surface area contributed by atoms with E-state index in [4.69, 9.17) is 4.74 Å². The quantitative estimate of drug-likeness (QED) is 0.176. The van der Waals surface area contributed by atoms with E-state index in [1.54, 1.807) is 7.05 Å². The predicted molar refractivity (Wildman–Crippen MR) is 127 cm³/mol. The van der Waals surface area contributed by atoms with Crippen LogP contribution in [0.4, 0.5) is 0 Å². The summed E-state index contributed by atoms with van der Waals surface area (Å²) >= 11 is 0. The Balaban J connectivity index is 0.00000729. The highest BCUT2D eigenvalue weighted by Gasteiger charge is 2.06. The summed E-state index contributed by atoms with van der Waals surface area (Å²) < 4.78 is 5.33. The van der Waals surface area contributed by atoms with Crippen LogP contribution in [-0.4, -0.2) is 70.8 Å². The van der Waals surface area contributed by atoms with Gasteiger partial charge in [-0.05, 0) is 51.6 Å². The van der Waals surface area contributed by atoms with Crippen molar-refractivity contribution in [1.82, 2.24) is 20.9 Å². The molecule has 7 nitrogen and oxygen atoms in total. The molecule has 0 saturated heterocycles. The van der Waals surface area contributed by atoms with Crippen LogP contribution in [0.5, 0.6) is 0 Å². The minimum atomic E-state index is -0.0458. The second kappa shape index (κ2) is 16.6. The molecule has 0 aliphatic rings. The van der Waals surface area contributed by atoms with Gasteiger partial charge in [0.05, 0.1) is 0 Å². The van der Waals surface area contributed by atoms with Crippen LogP contribution in [0.15, 0.2) is 29.3 Å². The highest BCUT2D eigenvalue weighted by molar-refractivity contribution is 14.0. The number of likely N-dealkylation sites (N-methyl/N-ethyl adjacent to an activating group) is 1. The summed E-state index contributed by atoms with van der Waals surface area (Å²) in [6.07, 6.45) is 2.06. The first-order valence-corrected chi connectivity index (χ1v) is 9.61. The zero-order valence-electron chi connectivity index (χ0n) is 17.6. The zero-order chi connectivity index (χ0) is 19.9. The summed E-state index contributed by atoms with van der Waals surface area (Å²) in [5.41, 5.74) is 1.71. The molecular formula is C20H36IN5O2. The number of amides is 1. The Morgan fingerprint density at radius 2 is 1.93 bits per heavy atom. The lowest BCUT2D eigenvalue weighted by Gasteiger charge is -2.13. The van der Waals surface area contributed by atoms with E-state index in [0.29, 0.717) is 18.7 Å². The van der Waals surface area contributed by atoms with E-state index < -0.39 is 0 Å². The van der Waals surface area contributed by atoms with E-state index in [1.807, 2.05) is 50.2 Å². The van der Waals surface area contributed by atoms with Crippen LogP contribution in [-0.2, 0) is 11.3 Å². The molecule has 0 heterocycles. The van der Waals surface area contributed by atoms with Crippen LogP contribution in [0.1, 0.15) is 35.7 Å². The maximum Gasteiger partial charge on any atom is 0.251 e. The number of rotatable bonds is 12. The van der Waals surface area contributed by atoms with Gasteiger partial charge >= 0.3 is 0 Å². The third-order valence-electron chi connectivity index (χ3n) is 3.93. The summed E-state index contributed by atoms with van der Waals surface area (Å²) in [6.45, 7) is 6.48. The van der Waals surface area contributed by atoms with Crippen LogP contribution < -0.4 is 16.0 Å². The van der Waals surface area contributed by atoms with E-state index in [9.17, 15) is 4.79 Å². The number of halogens is 1. The van der Waals surface area contributed by atoms with Gasteiger partial charge in [-0.15, -0.1) is 24.0 Å². The Hall–Kier alpha value is -1.39. The lowest BCUT2D eigenvalue weighted by atomic mass is 10.1. The first kappa shape index (κ1) is 26.6. The van der Waals surface area contributed by atoms with E-state index in [0.717, 1.165) is 50.7 Å². The molecule has 0 atom stereocenters. The fourth-order valence-electron chi connectivity index (χ4n) is 2.40. The van der Waals surface area contributed by atoms with Crippen molar-refractivity contribution >= 4 is 35.8 Å². The first-order chi connectivity index (χ1) is 13.1. The Bertz CT molecular complexity index is 581. The van der Waals surface area contributed by atoms with Crippen LogP contribution >= 0.6 is 24.0 Å². The van der Waals surface area contributed by atoms with Crippen molar-refractivity contribution in [3.63, 3.8) is 0 Å². The molecule has 0 aliphatic heterocycles. The standard InChI is InChI=1S/C20H35N5O2.HI/c1-5-27-14-7-6-11-23-20(21-2)24-16-17-9-8-10-18(15-17)19(26)22-12-13-25(3)4;/h8-10,15H,5-7,11-14,16H2,1-4H3,(H,22,26)(H2,21,23,24);1H. The topological polar surface area (TPSA) is 78.0 Å². The molecule has 0 spiro atoms. The Kier molecular flexibility index (Phi) is 15.7. The highest BCUT2D eigenvalue weighted by Crippen LogP contribution is 2.05. The van der Waals surface area contributed by atoms with Gasteiger partial charge < -0.3 is 25.6 Å². The van der Waals surface area contributed by atoms with Crippen LogP contribution in [0.2, 0.25) is 0 Å². The van der Waals surface area contributed by atoms with Gasteiger partial charge in [0.2, 0.25) is 0 Å². The SMILES string of the molecule is CCOCCCCNC(=NC)NCc1cccc(C(=O)NCCN(C)C)c1.I. The third kappa shape index (κ3) is 12.1. The monoisotopic (exact) mass is 505 g/mol. The minimum Gasteiger partial charge on any atom is -0.382 e. The molecule has 3 N–H and O–H groups in total. The second-order valence-electron chi connectivity index (χ2n) is 6.52. The van der Waals surface area contributed by atoms with Gasteiger partial charge in [0.15, 0.2) is 5.96 Å². The second-order valence-corrected chi connectivity index (χ2v) is 6.52. The number of hydrogen-bond acceptors (Lipinski definition) is 4. The zero-order valence-corrected chi connectivity index (χ0v) is 19.9. The van der Waals surface area contributed by atoms with Gasteiger partial charge in [-0.1, -0.05) is 12.1 Å². The maximum atomic E-state index is 12.2. The summed E-state index contributed by atoms with van der Waals surface area (Å²) in [7, 11) is 5.72. The summed E-state index contributed by atoms with van der Waals surface area (Å²) in [5, 5.41) is 9.51. The normalized spacial score (nSPS) is 11.1. The number of carbonyl (C=O) groups is 1. The molecule has 0 unspecified atom stereocenters. The molecule has 0 bridgehead atoms. The smallest absolute Gasteiger partial charge is 0.251 e. The molecule has 0 saturated carbocycles. The van der Waals surface area contributed by atoms with Gasteiger partial charge in [0.1, 0.15) is 0 Å². The molecule has 28 heavy (non-hydrogen) atoms. The van der Waals surface area contributed by atoms with Gasteiger partial charge in [0.25, 0.3) is 5.91 Å². The Labute approximate surface area is 186 Å². The van der Waals surface area contributed by atoms with Crippen molar-refractivity contribution in [3.05, 3.63) is 35.4 Å². The molecule has 0 aliphatic carbocycles. The number of aliphatic imine (C=N–C) groups is 1. The summed E-state index contributed by atoms with van der Waals surface area (Å²) in [4.78, 5) is 18.5. The molecule has 1 rings (SSSR count). The Morgan fingerprint density at radius 1 is 1.14 bits per heavy atom. The molecule has 8 heteroatoms. The minimum absolute atomic E-state index is 0. The number of nitrogens with zero attached hydrogens (tertiary/aromatic N) is 2. The average molecular weight is 505 g/mol. The van der Waals surface area contributed by atoms with E-state index in [1.165, 1.54) is 0 Å². The lowest BCUT2D eigenvalue weighted by molar-refractivity contribution is 0.0951. The molecule has 160 valence electrons. The van der Waals surface area contributed by atoms with Crippen molar-refractivity contribution in [1.29, 1.82) is 0 Å². The van der Waals surface area contributed by atoms with Gasteiger partial charge in [-0.25, -0.2) is 0 Å². The highest BCUT2D eigenvalue weighted by atomic mass is 127. The van der Waals surface area contributed by atoms with Crippen LogP contribution in [0.25, 0.3) is 0 Å². The number of nitrogens with one attached hydrogen (secondary N) is 3. The largest absolute Gasteiger partial charge is 0.382 e. The van der Waals surface area contributed by atoms with Gasteiger partial charge in [-0.3, -0.25) is 9.79 Å². The molecule has 1 aromatic carbocycles. The number of carbonyl (C=O) groups excluding carboxylic acids is 1. The van der Waals surface area contributed by atoms with E-state index in [2.05, 4.69) is 20.9 Å². The van der Waals surface area contributed by atoms with Crippen molar-refractivity contribution in [2.24, 2.45) is 4.99 Å². The lowest BCUT2D eigenvalue weighted by Crippen LogP contribution is -2.37. The molecule has 0 aromatic heterocycles. The molecular weight excluding hydrogens is 469 g/mol. The third-order valence-corrected chi connectivity index (χ3v) is 3.93. The van der Waals surface area contributed by atoms with Crippen LogP contribution in [0.3, 0.4) is 0 Å². The van der Waals surface area contributed by atoms with Crippen molar-refractivity contribution in [2.75, 3.05) is 54.0 Å². The number of benzene rings is 1. The maximum absolute atomic E-state index is 12.2. The van der Waals surface area contributed by atoms with E-state index >= 15 is 0 Å². The fraction of sp³-hybridized carbons (Fsp3) is 0.600. The molecule has 0 radical (unpaired) electrons. The van der Waals surface area contributed by atoms with Gasteiger partial charge in [-0.2, -0.15) is 0 Å². The molecule has 1 amide bonds.